The fourth-order valence-electron chi connectivity index (χ4n) is 2.15. The Morgan fingerprint density at radius 3 is 2.13 bits per heavy atom. The quantitative estimate of drug-likeness (QED) is 0.913. The lowest BCUT2D eigenvalue weighted by atomic mass is 10.1. The smallest absolute Gasteiger partial charge is 0.262 e. The number of carbonyl (C=O) groups is 1. The van der Waals surface area contributed by atoms with E-state index in [2.05, 4.69) is 5.32 Å². The summed E-state index contributed by atoms with van der Waals surface area (Å²) in [7, 11) is -3.24. The van der Waals surface area contributed by atoms with Gasteiger partial charge in [-0.15, -0.1) is 0 Å². The van der Waals surface area contributed by atoms with Gasteiger partial charge in [-0.25, -0.2) is 8.42 Å². The van der Waals surface area contributed by atoms with Crippen LogP contribution in [-0.2, 0) is 14.6 Å². The molecule has 0 unspecified atom stereocenters. The molecule has 0 saturated heterocycles. The Bertz CT molecular complexity index is 791. The molecule has 6 heteroatoms. The molecule has 0 heterocycles. The van der Waals surface area contributed by atoms with Gasteiger partial charge in [0.25, 0.3) is 5.91 Å². The van der Waals surface area contributed by atoms with Gasteiger partial charge in [0.1, 0.15) is 5.75 Å². The van der Waals surface area contributed by atoms with E-state index in [1.165, 1.54) is 12.1 Å². The second-order valence-corrected chi connectivity index (χ2v) is 7.47. The Labute approximate surface area is 136 Å². The maximum atomic E-state index is 11.9. The monoisotopic (exact) mass is 333 g/mol. The van der Waals surface area contributed by atoms with Crippen molar-refractivity contribution in [3.8, 4) is 5.75 Å². The number of carbonyl (C=O) groups excluding carboxylic acids is 1. The molecule has 1 amide bonds. The number of nitrogens with one attached hydrogen (secondary N) is 1. The minimum Gasteiger partial charge on any atom is -0.484 e. The third-order valence-electron chi connectivity index (χ3n) is 3.13. The summed E-state index contributed by atoms with van der Waals surface area (Å²) in [6.07, 6.45) is 1.14. The summed E-state index contributed by atoms with van der Waals surface area (Å²) < 4.78 is 28.2. The van der Waals surface area contributed by atoms with Crippen molar-refractivity contribution in [2.24, 2.45) is 0 Å². The Kier molecular flexibility index (Phi) is 5.05. The van der Waals surface area contributed by atoms with Gasteiger partial charge in [-0.05, 0) is 61.4 Å². The third-order valence-corrected chi connectivity index (χ3v) is 4.26. The van der Waals surface area contributed by atoms with Crippen LogP contribution >= 0.6 is 0 Å². The normalized spacial score (nSPS) is 11.1. The van der Waals surface area contributed by atoms with E-state index in [9.17, 15) is 13.2 Å². The molecule has 2 rings (SSSR count). The number of hydrogen-bond acceptors (Lipinski definition) is 4. The van der Waals surface area contributed by atoms with Crippen LogP contribution in [0.5, 0.6) is 5.75 Å². The van der Waals surface area contributed by atoms with E-state index in [4.69, 9.17) is 4.74 Å². The van der Waals surface area contributed by atoms with Gasteiger partial charge < -0.3 is 10.1 Å². The van der Waals surface area contributed by atoms with E-state index in [1.54, 1.807) is 12.1 Å². The van der Waals surface area contributed by atoms with Crippen LogP contribution in [0.25, 0.3) is 0 Å². The van der Waals surface area contributed by atoms with Crippen LogP contribution in [0, 0.1) is 13.8 Å². The number of aryl methyl sites for hydroxylation is 2. The molecule has 5 nitrogen and oxygen atoms in total. The van der Waals surface area contributed by atoms with Gasteiger partial charge >= 0.3 is 0 Å². The largest absolute Gasteiger partial charge is 0.484 e. The van der Waals surface area contributed by atoms with Crippen molar-refractivity contribution >= 4 is 21.4 Å². The lowest BCUT2D eigenvalue weighted by Crippen LogP contribution is -2.20. The highest BCUT2D eigenvalue weighted by molar-refractivity contribution is 7.90. The summed E-state index contributed by atoms with van der Waals surface area (Å²) in [6, 6.07) is 11.8. The molecule has 0 spiro atoms. The Morgan fingerprint density at radius 2 is 1.61 bits per heavy atom. The molecule has 2 aromatic carbocycles. The molecule has 0 aliphatic heterocycles. The van der Waals surface area contributed by atoms with E-state index in [1.807, 2.05) is 32.0 Å². The van der Waals surface area contributed by atoms with Crippen molar-refractivity contribution in [2.75, 3.05) is 18.2 Å². The van der Waals surface area contributed by atoms with Crippen LogP contribution in [0.4, 0.5) is 5.69 Å². The molecule has 0 aliphatic rings. The van der Waals surface area contributed by atoms with Gasteiger partial charge in [-0.1, -0.05) is 6.07 Å². The molecule has 0 fully saturated rings. The van der Waals surface area contributed by atoms with Crippen molar-refractivity contribution < 1.29 is 17.9 Å². The second kappa shape index (κ2) is 6.83. The molecular weight excluding hydrogens is 314 g/mol. The summed E-state index contributed by atoms with van der Waals surface area (Å²) >= 11 is 0. The fourth-order valence-corrected chi connectivity index (χ4v) is 2.78. The number of anilines is 1. The van der Waals surface area contributed by atoms with Crippen molar-refractivity contribution in [1.29, 1.82) is 0 Å². The second-order valence-electron chi connectivity index (χ2n) is 5.46. The molecule has 0 atom stereocenters. The maximum Gasteiger partial charge on any atom is 0.262 e. The van der Waals surface area contributed by atoms with Crippen molar-refractivity contribution in [1.82, 2.24) is 0 Å². The highest BCUT2D eigenvalue weighted by atomic mass is 32.2. The van der Waals surface area contributed by atoms with Gasteiger partial charge in [0.05, 0.1) is 4.90 Å². The van der Waals surface area contributed by atoms with Crippen molar-refractivity contribution in [3.05, 3.63) is 53.6 Å². The zero-order chi connectivity index (χ0) is 17.0. The number of rotatable bonds is 5. The third kappa shape index (κ3) is 5.10. The zero-order valence-electron chi connectivity index (χ0n) is 13.3. The topological polar surface area (TPSA) is 72.5 Å². The van der Waals surface area contributed by atoms with Gasteiger partial charge in [-0.2, -0.15) is 0 Å². The first-order chi connectivity index (χ1) is 10.7. The predicted octanol–water partition coefficient (Wildman–Crippen LogP) is 2.72. The molecule has 122 valence electrons. The van der Waals surface area contributed by atoms with Gasteiger partial charge in [-0.3, -0.25) is 4.79 Å². The van der Waals surface area contributed by atoms with Gasteiger partial charge in [0.15, 0.2) is 16.4 Å². The lowest BCUT2D eigenvalue weighted by molar-refractivity contribution is -0.118. The molecule has 1 N–H and O–H groups in total. The lowest BCUT2D eigenvalue weighted by Gasteiger charge is -2.09. The number of amides is 1. The summed E-state index contributed by atoms with van der Waals surface area (Å²) in [6.45, 7) is 3.81. The fraction of sp³-hybridized carbons (Fsp3) is 0.235. The zero-order valence-corrected chi connectivity index (χ0v) is 14.1. The summed E-state index contributed by atoms with van der Waals surface area (Å²) in [5, 5.41) is 2.66. The van der Waals surface area contributed by atoms with Gasteiger partial charge in [0, 0.05) is 11.9 Å². The molecule has 0 aliphatic carbocycles. The molecule has 0 aromatic heterocycles. The average Bonchev–Trinajstić information content (AvgIpc) is 2.44. The molecule has 0 radical (unpaired) electrons. The van der Waals surface area contributed by atoms with Crippen molar-refractivity contribution in [2.45, 2.75) is 18.7 Å². The number of sulfone groups is 1. The predicted molar refractivity (Wildman–Crippen MR) is 89.6 cm³/mol. The summed E-state index contributed by atoms with van der Waals surface area (Å²) in [4.78, 5) is 12.1. The minimum atomic E-state index is -3.24. The Hall–Kier alpha value is -2.34. The van der Waals surface area contributed by atoms with Crippen molar-refractivity contribution in [3.63, 3.8) is 0 Å². The first-order valence-electron chi connectivity index (χ1n) is 7.05. The van der Waals surface area contributed by atoms with E-state index in [0.29, 0.717) is 11.4 Å². The first-order valence-corrected chi connectivity index (χ1v) is 8.94. The Balaban J connectivity index is 1.94. The van der Waals surface area contributed by atoms with Crippen LogP contribution < -0.4 is 10.1 Å². The highest BCUT2D eigenvalue weighted by Gasteiger charge is 2.08. The number of hydrogen-bond donors (Lipinski definition) is 1. The summed E-state index contributed by atoms with van der Waals surface area (Å²) in [5.74, 6) is 0.335. The van der Waals surface area contributed by atoms with Crippen LogP contribution in [0.3, 0.4) is 0 Å². The van der Waals surface area contributed by atoms with Gasteiger partial charge in [0.2, 0.25) is 0 Å². The van der Waals surface area contributed by atoms with Crippen LogP contribution in [-0.4, -0.2) is 27.2 Å². The highest BCUT2D eigenvalue weighted by Crippen LogP contribution is 2.17. The molecule has 0 saturated carbocycles. The first kappa shape index (κ1) is 17.0. The molecule has 23 heavy (non-hydrogen) atoms. The van der Waals surface area contributed by atoms with E-state index >= 15 is 0 Å². The number of benzene rings is 2. The summed E-state index contributed by atoms with van der Waals surface area (Å²) in [5.41, 5.74) is 2.65. The molecular formula is C17H19NO4S. The molecule has 2 aromatic rings. The van der Waals surface area contributed by atoms with E-state index in [0.717, 1.165) is 17.4 Å². The van der Waals surface area contributed by atoms with Crippen LogP contribution in [0.2, 0.25) is 0 Å². The molecule has 0 bridgehead atoms. The van der Waals surface area contributed by atoms with Crippen LogP contribution in [0.1, 0.15) is 11.1 Å². The SMILES string of the molecule is Cc1cc(C)cc(OCC(=O)Nc2ccc(S(C)(=O)=O)cc2)c1. The number of ether oxygens (including phenoxy) is 1. The van der Waals surface area contributed by atoms with E-state index in [-0.39, 0.29) is 17.4 Å². The van der Waals surface area contributed by atoms with Crippen LogP contribution in [0.15, 0.2) is 47.4 Å². The average molecular weight is 333 g/mol. The standard InChI is InChI=1S/C17H19NO4S/c1-12-8-13(2)10-15(9-12)22-11-17(19)18-14-4-6-16(7-5-14)23(3,20)21/h4-10H,11H2,1-3H3,(H,18,19). The van der Waals surface area contributed by atoms with E-state index < -0.39 is 9.84 Å². The minimum absolute atomic E-state index is 0.114. The maximum absolute atomic E-state index is 11.9. The Morgan fingerprint density at radius 1 is 1.04 bits per heavy atom.